The number of carbonyl (C=O) groups is 1. The van der Waals surface area contributed by atoms with Gasteiger partial charge in [-0.1, -0.05) is 31.0 Å². The minimum atomic E-state index is -1.20. The number of benzene rings is 1. The molecule has 1 N–H and O–H groups in total. The van der Waals surface area contributed by atoms with Crippen molar-refractivity contribution in [1.29, 1.82) is 0 Å². The van der Waals surface area contributed by atoms with Gasteiger partial charge in [0.25, 0.3) is 5.91 Å². The topological polar surface area (TPSA) is 29.1 Å². The summed E-state index contributed by atoms with van der Waals surface area (Å²) in [6.07, 6.45) is 3.18. The molecule has 0 aliphatic heterocycles. The van der Waals surface area contributed by atoms with Gasteiger partial charge in [0.2, 0.25) is 0 Å². The fourth-order valence-corrected chi connectivity index (χ4v) is 4.97. The number of nitrogens with one attached hydrogen (secondary N) is 1. The SMILES string of the molecule is CCCC(C(=O)Nc1c(C)cc(C)cc1C)[P+](C)(C)CC. The highest BCUT2D eigenvalue weighted by molar-refractivity contribution is 7.76. The molecular formula is C18H31NOP+. The first-order valence-electron chi connectivity index (χ1n) is 7.94. The zero-order chi connectivity index (χ0) is 16.2. The average Bonchev–Trinajstić information content (AvgIpc) is 2.39. The Balaban J connectivity index is 3.03. The lowest BCUT2D eigenvalue weighted by Crippen LogP contribution is -2.31. The maximum Gasteiger partial charge on any atom is 0.265 e. The summed E-state index contributed by atoms with van der Waals surface area (Å²) in [5.74, 6) is 0.215. The van der Waals surface area contributed by atoms with Gasteiger partial charge in [-0.05, 0) is 45.2 Å². The number of hydrogen-bond donors (Lipinski definition) is 1. The largest absolute Gasteiger partial charge is 0.322 e. The second-order valence-corrected chi connectivity index (χ2v) is 11.5. The van der Waals surface area contributed by atoms with Crippen molar-refractivity contribution in [2.75, 3.05) is 24.8 Å². The van der Waals surface area contributed by atoms with Gasteiger partial charge in [-0.25, -0.2) is 0 Å². The molecule has 0 aliphatic rings. The van der Waals surface area contributed by atoms with Crippen molar-refractivity contribution in [3.63, 3.8) is 0 Å². The molecule has 1 unspecified atom stereocenters. The van der Waals surface area contributed by atoms with Crippen LogP contribution in [0.3, 0.4) is 0 Å². The molecular weight excluding hydrogens is 277 g/mol. The van der Waals surface area contributed by atoms with E-state index in [0.29, 0.717) is 0 Å². The summed E-state index contributed by atoms with van der Waals surface area (Å²) in [5.41, 5.74) is 4.73. The van der Waals surface area contributed by atoms with Crippen LogP contribution in [0.4, 0.5) is 5.69 Å². The Hall–Kier alpha value is -0.880. The molecule has 0 bridgehead atoms. The van der Waals surface area contributed by atoms with Crippen LogP contribution in [0.1, 0.15) is 43.4 Å². The maximum absolute atomic E-state index is 12.8. The van der Waals surface area contributed by atoms with Gasteiger partial charge in [0.1, 0.15) is 5.66 Å². The van der Waals surface area contributed by atoms with E-state index < -0.39 is 7.26 Å². The highest BCUT2D eigenvalue weighted by Crippen LogP contribution is 2.57. The molecule has 0 fully saturated rings. The minimum Gasteiger partial charge on any atom is -0.322 e. The molecule has 1 rings (SSSR count). The van der Waals surface area contributed by atoms with Crippen molar-refractivity contribution >= 4 is 18.9 Å². The van der Waals surface area contributed by atoms with Crippen LogP contribution in [0.25, 0.3) is 0 Å². The number of hydrogen-bond acceptors (Lipinski definition) is 1. The molecule has 1 atom stereocenters. The van der Waals surface area contributed by atoms with Crippen molar-refractivity contribution in [1.82, 2.24) is 0 Å². The van der Waals surface area contributed by atoms with Gasteiger partial charge < -0.3 is 5.32 Å². The second kappa shape index (κ2) is 7.40. The summed E-state index contributed by atoms with van der Waals surface area (Å²) in [6.45, 7) is 15.2. The van der Waals surface area contributed by atoms with Gasteiger partial charge in [0.15, 0.2) is 0 Å². The molecule has 0 aromatic heterocycles. The van der Waals surface area contributed by atoms with Crippen molar-refractivity contribution < 1.29 is 4.79 Å². The first kappa shape index (κ1) is 18.2. The van der Waals surface area contributed by atoms with E-state index in [9.17, 15) is 4.79 Å². The zero-order valence-corrected chi connectivity index (χ0v) is 15.6. The summed E-state index contributed by atoms with van der Waals surface area (Å²) in [6, 6.07) is 4.27. The van der Waals surface area contributed by atoms with Gasteiger partial charge in [0, 0.05) is 26.3 Å². The van der Waals surface area contributed by atoms with Crippen LogP contribution in [0.2, 0.25) is 0 Å². The molecule has 2 nitrogen and oxygen atoms in total. The molecule has 1 aromatic carbocycles. The Bertz CT molecular complexity index is 485. The Morgan fingerprint density at radius 1 is 1.14 bits per heavy atom. The molecule has 3 heteroatoms. The number of carbonyl (C=O) groups excluding carboxylic acids is 1. The summed E-state index contributed by atoms with van der Waals surface area (Å²) in [4.78, 5) is 12.8. The predicted molar refractivity (Wildman–Crippen MR) is 97.3 cm³/mol. The smallest absolute Gasteiger partial charge is 0.265 e. The highest BCUT2D eigenvalue weighted by Gasteiger charge is 2.39. The van der Waals surface area contributed by atoms with E-state index in [1.807, 2.05) is 0 Å². The third-order valence-corrected chi connectivity index (χ3v) is 8.26. The summed E-state index contributed by atoms with van der Waals surface area (Å²) in [7, 11) is -1.20. The molecule has 118 valence electrons. The first-order chi connectivity index (χ1) is 9.72. The second-order valence-electron chi connectivity index (χ2n) is 6.66. The van der Waals surface area contributed by atoms with Crippen LogP contribution in [0, 0.1) is 20.8 Å². The highest BCUT2D eigenvalue weighted by atomic mass is 31.2. The molecule has 21 heavy (non-hydrogen) atoms. The van der Waals surface area contributed by atoms with Gasteiger partial charge in [-0.15, -0.1) is 0 Å². The zero-order valence-electron chi connectivity index (χ0n) is 14.7. The quantitative estimate of drug-likeness (QED) is 0.735. The fourth-order valence-electron chi connectivity index (χ4n) is 2.88. The summed E-state index contributed by atoms with van der Waals surface area (Å²) in [5, 5.41) is 3.22. The molecule has 1 amide bonds. The average molecular weight is 308 g/mol. The summed E-state index contributed by atoms with van der Waals surface area (Å²) >= 11 is 0. The summed E-state index contributed by atoms with van der Waals surface area (Å²) < 4.78 is 0. The van der Waals surface area contributed by atoms with Crippen LogP contribution >= 0.6 is 7.26 Å². The molecule has 0 saturated carbocycles. The third-order valence-electron chi connectivity index (χ3n) is 4.45. The lowest BCUT2D eigenvalue weighted by molar-refractivity contribution is -0.116. The van der Waals surface area contributed by atoms with E-state index in [4.69, 9.17) is 0 Å². The van der Waals surface area contributed by atoms with Gasteiger partial charge in [-0.3, -0.25) is 4.79 Å². The van der Waals surface area contributed by atoms with E-state index in [2.05, 4.69) is 65.4 Å². The standard InChI is InChI=1S/C18H30NOP/c1-8-10-16(21(6,7)9-2)18(20)19-17-14(4)11-13(3)12-15(17)5/h11-12,16H,8-10H2,1-7H3/p+1. The Kier molecular flexibility index (Phi) is 6.41. The maximum atomic E-state index is 12.8. The van der Waals surface area contributed by atoms with Crippen LogP contribution < -0.4 is 5.32 Å². The van der Waals surface area contributed by atoms with Crippen LogP contribution in [-0.4, -0.2) is 31.1 Å². The number of anilines is 1. The monoisotopic (exact) mass is 308 g/mol. The third kappa shape index (κ3) is 4.54. The van der Waals surface area contributed by atoms with Gasteiger partial charge >= 0.3 is 0 Å². The Labute approximate surface area is 131 Å². The molecule has 0 radical (unpaired) electrons. The molecule has 0 spiro atoms. The van der Waals surface area contributed by atoms with E-state index in [-0.39, 0.29) is 11.6 Å². The Morgan fingerprint density at radius 2 is 1.67 bits per heavy atom. The fraction of sp³-hybridized carbons (Fsp3) is 0.611. The first-order valence-corrected chi connectivity index (χ1v) is 10.9. The lowest BCUT2D eigenvalue weighted by atomic mass is 10.0. The van der Waals surface area contributed by atoms with Gasteiger partial charge in [-0.2, -0.15) is 0 Å². The van der Waals surface area contributed by atoms with Crippen LogP contribution in [0.5, 0.6) is 0 Å². The van der Waals surface area contributed by atoms with Crippen LogP contribution in [-0.2, 0) is 4.79 Å². The number of aryl methyl sites for hydroxylation is 3. The van der Waals surface area contributed by atoms with E-state index >= 15 is 0 Å². The molecule has 0 saturated heterocycles. The van der Waals surface area contributed by atoms with E-state index in [1.165, 1.54) is 5.56 Å². The Morgan fingerprint density at radius 3 is 2.10 bits per heavy atom. The van der Waals surface area contributed by atoms with Gasteiger partial charge in [0.05, 0.1) is 6.16 Å². The van der Waals surface area contributed by atoms with Crippen molar-refractivity contribution in [2.24, 2.45) is 0 Å². The van der Waals surface area contributed by atoms with E-state index in [0.717, 1.165) is 35.8 Å². The molecule has 0 aliphatic carbocycles. The van der Waals surface area contributed by atoms with Crippen molar-refractivity contribution in [3.8, 4) is 0 Å². The number of amides is 1. The molecule has 1 aromatic rings. The predicted octanol–water partition coefficient (Wildman–Crippen LogP) is 5.02. The normalized spacial score (nSPS) is 13.1. The number of rotatable bonds is 6. The minimum absolute atomic E-state index is 0.174. The van der Waals surface area contributed by atoms with Crippen LogP contribution in [0.15, 0.2) is 12.1 Å². The molecule has 0 heterocycles. The lowest BCUT2D eigenvalue weighted by Gasteiger charge is -2.26. The van der Waals surface area contributed by atoms with Crippen molar-refractivity contribution in [3.05, 3.63) is 28.8 Å². The van der Waals surface area contributed by atoms with E-state index in [1.54, 1.807) is 0 Å². The van der Waals surface area contributed by atoms with Crippen molar-refractivity contribution in [2.45, 2.75) is 53.1 Å².